The van der Waals surface area contributed by atoms with Gasteiger partial charge in [-0.05, 0) is 18.9 Å². The summed E-state index contributed by atoms with van der Waals surface area (Å²) in [7, 11) is 0. The number of rotatable bonds is 5. The van der Waals surface area contributed by atoms with E-state index in [4.69, 9.17) is 12.2 Å². The summed E-state index contributed by atoms with van der Waals surface area (Å²) >= 11 is 6.63. The lowest BCUT2D eigenvalue weighted by atomic mass is 10.1. The van der Waals surface area contributed by atoms with Crippen LogP contribution in [0.5, 0.6) is 0 Å². The lowest BCUT2D eigenvalue weighted by Gasteiger charge is -2.15. The minimum absolute atomic E-state index is 0.0889. The molecule has 0 spiro atoms. The number of para-hydroxylation sites is 1. The summed E-state index contributed by atoms with van der Waals surface area (Å²) < 4.78 is 0.551. The SMILES string of the molecule is CCCCN1C(=O)/C(=C2/C(=O)N(CCC)c3ccccc32)SC1=S. The van der Waals surface area contributed by atoms with Crippen molar-refractivity contribution in [3.05, 3.63) is 34.7 Å². The van der Waals surface area contributed by atoms with Gasteiger partial charge in [-0.2, -0.15) is 0 Å². The van der Waals surface area contributed by atoms with Gasteiger partial charge in [-0.25, -0.2) is 0 Å². The van der Waals surface area contributed by atoms with E-state index in [2.05, 4.69) is 6.92 Å². The van der Waals surface area contributed by atoms with Crippen LogP contribution in [-0.2, 0) is 9.59 Å². The summed E-state index contributed by atoms with van der Waals surface area (Å²) in [5.41, 5.74) is 2.24. The van der Waals surface area contributed by atoms with Gasteiger partial charge >= 0.3 is 0 Å². The molecule has 2 heterocycles. The maximum absolute atomic E-state index is 13.0. The van der Waals surface area contributed by atoms with E-state index in [0.29, 0.717) is 27.9 Å². The Morgan fingerprint density at radius 1 is 1.00 bits per heavy atom. The lowest BCUT2D eigenvalue weighted by molar-refractivity contribution is -0.122. The van der Waals surface area contributed by atoms with E-state index in [-0.39, 0.29) is 11.8 Å². The van der Waals surface area contributed by atoms with Crippen LogP contribution in [0, 0.1) is 0 Å². The van der Waals surface area contributed by atoms with Crippen molar-refractivity contribution in [2.75, 3.05) is 18.0 Å². The van der Waals surface area contributed by atoms with Crippen molar-refractivity contribution in [2.45, 2.75) is 33.1 Å². The average Bonchev–Trinajstić information content (AvgIpc) is 3.01. The quantitative estimate of drug-likeness (QED) is 0.591. The van der Waals surface area contributed by atoms with Gasteiger partial charge in [0.15, 0.2) is 0 Å². The second-order valence-corrected chi connectivity index (χ2v) is 7.50. The molecule has 1 aromatic carbocycles. The molecule has 1 fully saturated rings. The fourth-order valence-electron chi connectivity index (χ4n) is 3.00. The summed E-state index contributed by atoms with van der Waals surface area (Å²) in [5.74, 6) is -0.219. The minimum Gasteiger partial charge on any atom is -0.308 e. The van der Waals surface area contributed by atoms with Crippen molar-refractivity contribution in [2.24, 2.45) is 0 Å². The van der Waals surface area contributed by atoms with Gasteiger partial charge in [0, 0.05) is 18.7 Å². The zero-order valence-corrected chi connectivity index (χ0v) is 15.5. The molecule has 0 unspecified atom stereocenters. The molecule has 1 saturated heterocycles. The van der Waals surface area contributed by atoms with Crippen molar-refractivity contribution in [1.29, 1.82) is 0 Å². The molecular weight excluding hydrogens is 340 g/mol. The van der Waals surface area contributed by atoms with Gasteiger partial charge in [0.25, 0.3) is 11.8 Å². The van der Waals surface area contributed by atoms with Crippen LogP contribution < -0.4 is 4.90 Å². The standard InChI is InChI=1S/C18H20N2O2S2/c1-3-5-11-20-17(22)15(24-18(20)23)14-12-8-6-7-9-13(12)19(10-4-2)16(14)21/h6-9H,3-5,10-11H2,1-2H3/b15-14-. The number of thioether (sulfide) groups is 1. The number of fused-ring (bicyclic) bond motifs is 1. The van der Waals surface area contributed by atoms with Gasteiger partial charge in [-0.3, -0.25) is 14.5 Å². The molecule has 0 aliphatic carbocycles. The number of thiocarbonyl (C=S) groups is 1. The highest BCUT2D eigenvalue weighted by Crippen LogP contribution is 2.44. The highest BCUT2D eigenvalue weighted by Gasteiger charge is 2.41. The Morgan fingerprint density at radius 3 is 2.46 bits per heavy atom. The number of unbranched alkanes of at least 4 members (excludes halogenated alkanes) is 1. The highest BCUT2D eigenvalue weighted by atomic mass is 32.2. The Morgan fingerprint density at radius 2 is 1.75 bits per heavy atom. The van der Waals surface area contributed by atoms with Crippen LogP contribution in [0.2, 0.25) is 0 Å². The molecule has 0 radical (unpaired) electrons. The van der Waals surface area contributed by atoms with E-state index in [0.717, 1.165) is 30.5 Å². The Kier molecular flexibility index (Phi) is 5.06. The monoisotopic (exact) mass is 360 g/mol. The number of anilines is 1. The summed E-state index contributed by atoms with van der Waals surface area (Å²) in [6.07, 6.45) is 2.77. The fraction of sp³-hybridized carbons (Fsp3) is 0.389. The molecule has 1 aromatic rings. The molecule has 2 aliphatic rings. The van der Waals surface area contributed by atoms with Crippen molar-refractivity contribution in [3.8, 4) is 0 Å². The van der Waals surface area contributed by atoms with Gasteiger partial charge in [0.1, 0.15) is 4.32 Å². The molecule has 2 aliphatic heterocycles. The first-order chi connectivity index (χ1) is 11.6. The smallest absolute Gasteiger partial charge is 0.267 e. The van der Waals surface area contributed by atoms with E-state index < -0.39 is 0 Å². The second kappa shape index (κ2) is 7.07. The molecule has 0 aromatic heterocycles. The van der Waals surface area contributed by atoms with Crippen LogP contribution in [0.1, 0.15) is 38.7 Å². The van der Waals surface area contributed by atoms with E-state index in [9.17, 15) is 9.59 Å². The second-order valence-electron chi connectivity index (χ2n) is 5.86. The molecule has 3 rings (SSSR count). The topological polar surface area (TPSA) is 40.6 Å². The number of hydrogen-bond acceptors (Lipinski definition) is 4. The first-order valence-corrected chi connectivity index (χ1v) is 9.51. The first-order valence-electron chi connectivity index (χ1n) is 8.29. The van der Waals surface area contributed by atoms with Crippen LogP contribution in [0.15, 0.2) is 29.2 Å². The molecule has 0 bridgehead atoms. The number of hydrogen-bond donors (Lipinski definition) is 0. The molecular formula is C18H20N2O2S2. The van der Waals surface area contributed by atoms with Gasteiger partial charge in [0.2, 0.25) is 0 Å². The van der Waals surface area contributed by atoms with Gasteiger partial charge in [-0.1, -0.05) is 62.4 Å². The van der Waals surface area contributed by atoms with Gasteiger partial charge in [-0.15, -0.1) is 0 Å². The van der Waals surface area contributed by atoms with Crippen LogP contribution in [-0.4, -0.2) is 34.1 Å². The third kappa shape index (κ3) is 2.78. The molecule has 4 nitrogen and oxygen atoms in total. The van der Waals surface area contributed by atoms with Crippen LogP contribution in [0.25, 0.3) is 5.57 Å². The number of benzene rings is 1. The number of carbonyl (C=O) groups is 2. The summed E-state index contributed by atoms with van der Waals surface area (Å²) in [5, 5.41) is 0. The van der Waals surface area contributed by atoms with E-state index in [1.54, 1.807) is 9.80 Å². The Labute approximate surface area is 151 Å². The maximum Gasteiger partial charge on any atom is 0.267 e. The molecule has 6 heteroatoms. The minimum atomic E-state index is -0.130. The molecule has 2 amide bonds. The predicted molar refractivity (Wildman–Crippen MR) is 103 cm³/mol. The molecule has 24 heavy (non-hydrogen) atoms. The van der Waals surface area contributed by atoms with Crippen molar-refractivity contribution >= 4 is 51.4 Å². The largest absolute Gasteiger partial charge is 0.308 e. The predicted octanol–water partition coefficient (Wildman–Crippen LogP) is 3.81. The summed E-state index contributed by atoms with van der Waals surface area (Å²) in [4.78, 5) is 29.6. The Bertz CT molecular complexity index is 742. The first kappa shape index (κ1) is 17.2. The summed E-state index contributed by atoms with van der Waals surface area (Å²) in [6.45, 7) is 5.38. The van der Waals surface area contributed by atoms with Crippen molar-refractivity contribution < 1.29 is 9.59 Å². The lowest BCUT2D eigenvalue weighted by Crippen LogP contribution is -2.30. The number of nitrogens with zero attached hydrogens (tertiary/aromatic N) is 2. The Hall–Kier alpha value is -1.66. The van der Waals surface area contributed by atoms with E-state index in [1.165, 1.54) is 11.8 Å². The highest BCUT2D eigenvalue weighted by molar-refractivity contribution is 8.26. The third-order valence-corrected chi connectivity index (χ3v) is 5.63. The third-order valence-electron chi connectivity index (χ3n) is 4.18. The van der Waals surface area contributed by atoms with Crippen molar-refractivity contribution in [1.82, 2.24) is 4.90 Å². The summed E-state index contributed by atoms with van der Waals surface area (Å²) in [6, 6.07) is 7.67. The fourth-order valence-corrected chi connectivity index (χ4v) is 4.38. The van der Waals surface area contributed by atoms with Gasteiger partial charge in [0.05, 0.1) is 16.2 Å². The Balaban J connectivity index is 2.05. The average molecular weight is 361 g/mol. The maximum atomic E-state index is 13.0. The number of carbonyl (C=O) groups excluding carboxylic acids is 2. The zero-order chi connectivity index (χ0) is 17.3. The molecule has 0 atom stereocenters. The van der Waals surface area contributed by atoms with E-state index in [1.807, 2.05) is 31.2 Å². The van der Waals surface area contributed by atoms with E-state index >= 15 is 0 Å². The zero-order valence-electron chi connectivity index (χ0n) is 13.9. The normalized spacial score (nSPS) is 20.3. The number of amides is 2. The molecule has 0 N–H and O–H groups in total. The van der Waals surface area contributed by atoms with Crippen LogP contribution in [0.4, 0.5) is 5.69 Å². The van der Waals surface area contributed by atoms with Gasteiger partial charge < -0.3 is 4.90 Å². The van der Waals surface area contributed by atoms with Crippen LogP contribution >= 0.6 is 24.0 Å². The molecule has 0 saturated carbocycles. The van der Waals surface area contributed by atoms with Crippen molar-refractivity contribution in [3.63, 3.8) is 0 Å². The van der Waals surface area contributed by atoms with Crippen LogP contribution in [0.3, 0.4) is 0 Å². The molecule has 126 valence electrons.